The van der Waals surface area contributed by atoms with Gasteiger partial charge in [-0.05, 0) is 51.4 Å². The van der Waals surface area contributed by atoms with E-state index >= 15 is 0 Å². The predicted octanol–water partition coefficient (Wildman–Crippen LogP) is 3.96. The molecule has 0 rings (SSSR count). The van der Waals surface area contributed by atoms with Crippen molar-refractivity contribution in [3.8, 4) is 12.3 Å². The minimum absolute atomic E-state index is 0.106. The largest absolute Gasteiger partial charge is 0.393 e. The molecule has 0 saturated carbocycles. The normalized spacial score (nSPS) is 11.7. The second-order valence-corrected chi connectivity index (χ2v) is 5.92. The van der Waals surface area contributed by atoms with Crippen molar-refractivity contribution in [3.05, 3.63) is 12.2 Å². The van der Waals surface area contributed by atoms with Gasteiger partial charge in [0.1, 0.15) is 0 Å². The van der Waals surface area contributed by atoms with Gasteiger partial charge < -0.3 is 10.4 Å². The highest BCUT2D eigenvalue weighted by atomic mass is 16.3. The fourth-order valence-corrected chi connectivity index (χ4v) is 2.26. The number of carbonyl (C=O) groups excluding carboxylic acids is 1. The second kappa shape index (κ2) is 14.7. The number of allylic oxidation sites excluding steroid dienone is 1. The Labute approximate surface area is 136 Å². The summed E-state index contributed by atoms with van der Waals surface area (Å²) < 4.78 is 0. The predicted molar refractivity (Wildman–Crippen MR) is 93.5 cm³/mol. The van der Waals surface area contributed by atoms with Gasteiger partial charge in [0.05, 0.1) is 6.10 Å². The van der Waals surface area contributed by atoms with E-state index in [2.05, 4.69) is 17.8 Å². The molecule has 0 bridgehead atoms. The summed E-state index contributed by atoms with van der Waals surface area (Å²) in [7, 11) is 0. The van der Waals surface area contributed by atoms with Crippen LogP contribution in [0, 0.1) is 12.3 Å². The first kappa shape index (κ1) is 20.7. The summed E-state index contributed by atoms with van der Waals surface area (Å²) in [6.07, 6.45) is 15.0. The maximum atomic E-state index is 11.4. The highest BCUT2D eigenvalue weighted by molar-refractivity contribution is 5.75. The Hall–Kier alpha value is -1.27. The lowest BCUT2D eigenvalue weighted by molar-refractivity contribution is -0.121. The van der Waals surface area contributed by atoms with Crippen LogP contribution in [0.4, 0.5) is 0 Å². The highest BCUT2D eigenvalue weighted by Gasteiger charge is 2.02. The molecule has 0 spiro atoms. The Morgan fingerprint density at radius 3 is 2.59 bits per heavy atom. The Morgan fingerprint density at radius 1 is 1.18 bits per heavy atom. The van der Waals surface area contributed by atoms with Crippen LogP contribution in [-0.4, -0.2) is 23.7 Å². The quantitative estimate of drug-likeness (QED) is 0.290. The standard InChI is InChI=1S/C19H33NO2/c1-4-6-8-15-19(22)20-16-10-7-9-12-17(3)13-11-14-18(21)5-2/h1,18,21H,3,5-16H2,2H3,(H,20,22). The van der Waals surface area contributed by atoms with Gasteiger partial charge in [-0.3, -0.25) is 4.79 Å². The van der Waals surface area contributed by atoms with Crippen LogP contribution < -0.4 is 5.32 Å². The third-order valence-corrected chi connectivity index (χ3v) is 3.79. The molecular formula is C19H33NO2. The summed E-state index contributed by atoms with van der Waals surface area (Å²) in [6.45, 7) is 6.86. The Bertz CT molecular complexity index is 344. The molecule has 1 atom stereocenters. The van der Waals surface area contributed by atoms with Crippen molar-refractivity contribution < 1.29 is 9.90 Å². The van der Waals surface area contributed by atoms with Gasteiger partial charge in [-0.15, -0.1) is 12.3 Å². The molecule has 0 aliphatic heterocycles. The van der Waals surface area contributed by atoms with E-state index in [1.54, 1.807) is 0 Å². The summed E-state index contributed by atoms with van der Waals surface area (Å²) >= 11 is 0. The molecular weight excluding hydrogens is 274 g/mol. The lowest BCUT2D eigenvalue weighted by atomic mass is 10.0. The molecule has 0 aromatic heterocycles. The van der Waals surface area contributed by atoms with Crippen molar-refractivity contribution in [1.82, 2.24) is 5.32 Å². The Morgan fingerprint density at radius 2 is 1.91 bits per heavy atom. The summed E-state index contributed by atoms with van der Waals surface area (Å²) in [5.41, 5.74) is 1.28. The molecule has 0 saturated heterocycles. The maximum absolute atomic E-state index is 11.4. The van der Waals surface area contributed by atoms with E-state index in [1.165, 1.54) is 5.57 Å². The number of aliphatic hydroxyl groups excluding tert-OH is 1. The van der Waals surface area contributed by atoms with Crippen LogP contribution in [0.1, 0.15) is 77.6 Å². The number of rotatable bonds is 14. The van der Waals surface area contributed by atoms with E-state index in [0.29, 0.717) is 12.8 Å². The van der Waals surface area contributed by atoms with Crippen LogP contribution >= 0.6 is 0 Å². The Balaban J connectivity index is 3.36. The molecule has 0 fully saturated rings. The van der Waals surface area contributed by atoms with Crippen LogP contribution in [0.15, 0.2) is 12.2 Å². The van der Waals surface area contributed by atoms with Crippen LogP contribution in [0.5, 0.6) is 0 Å². The zero-order chi connectivity index (χ0) is 16.6. The molecule has 0 aliphatic carbocycles. The first-order valence-electron chi connectivity index (χ1n) is 8.65. The molecule has 0 aromatic rings. The zero-order valence-electron chi connectivity index (χ0n) is 14.2. The molecule has 0 aromatic carbocycles. The smallest absolute Gasteiger partial charge is 0.220 e. The van der Waals surface area contributed by atoms with E-state index in [0.717, 1.165) is 64.3 Å². The summed E-state index contributed by atoms with van der Waals surface area (Å²) in [4.78, 5) is 11.4. The minimum Gasteiger partial charge on any atom is -0.393 e. The van der Waals surface area contributed by atoms with Gasteiger partial charge in [0.2, 0.25) is 5.91 Å². The number of nitrogens with one attached hydrogen (secondary N) is 1. The third-order valence-electron chi connectivity index (χ3n) is 3.79. The minimum atomic E-state index is -0.156. The van der Waals surface area contributed by atoms with Crippen molar-refractivity contribution >= 4 is 5.91 Å². The summed E-state index contributed by atoms with van der Waals surface area (Å²) in [5, 5.41) is 12.4. The molecule has 0 radical (unpaired) electrons. The number of hydrogen-bond donors (Lipinski definition) is 2. The first-order valence-corrected chi connectivity index (χ1v) is 8.65. The fraction of sp³-hybridized carbons (Fsp3) is 0.737. The van der Waals surface area contributed by atoms with Gasteiger partial charge in [0.15, 0.2) is 0 Å². The van der Waals surface area contributed by atoms with Gasteiger partial charge in [0.25, 0.3) is 0 Å². The fourth-order valence-electron chi connectivity index (χ4n) is 2.26. The van der Waals surface area contributed by atoms with Crippen molar-refractivity contribution in [2.24, 2.45) is 0 Å². The monoisotopic (exact) mass is 307 g/mol. The number of hydrogen-bond acceptors (Lipinski definition) is 2. The van der Waals surface area contributed by atoms with Crippen LogP contribution in [0.3, 0.4) is 0 Å². The van der Waals surface area contributed by atoms with Gasteiger partial charge in [-0.2, -0.15) is 0 Å². The lowest BCUT2D eigenvalue weighted by Gasteiger charge is -2.09. The zero-order valence-corrected chi connectivity index (χ0v) is 14.2. The lowest BCUT2D eigenvalue weighted by Crippen LogP contribution is -2.23. The Kier molecular flexibility index (Phi) is 13.8. The highest BCUT2D eigenvalue weighted by Crippen LogP contribution is 2.15. The number of aliphatic hydroxyl groups is 1. The molecule has 126 valence electrons. The van der Waals surface area contributed by atoms with Gasteiger partial charge >= 0.3 is 0 Å². The van der Waals surface area contributed by atoms with Crippen LogP contribution in [0.25, 0.3) is 0 Å². The second-order valence-electron chi connectivity index (χ2n) is 5.92. The average molecular weight is 307 g/mol. The van der Waals surface area contributed by atoms with Crippen molar-refractivity contribution in [3.63, 3.8) is 0 Å². The van der Waals surface area contributed by atoms with Crippen molar-refractivity contribution in [2.75, 3.05) is 6.54 Å². The van der Waals surface area contributed by atoms with Gasteiger partial charge in [-0.1, -0.05) is 25.5 Å². The number of unbranched alkanes of at least 4 members (excludes halogenated alkanes) is 3. The maximum Gasteiger partial charge on any atom is 0.220 e. The molecule has 1 amide bonds. The van der Waals surface area contributed by atoms with E-state index in [1.807, 2.05) is 6.92 Å². The molecule has 2 N–H and O–H groups in total. The first-order chi connectivity index (χ1) is 10.6. The van der Waals surface area contributed by atoms with E-state index in [-0.39, 0.29) is 12.0 Å². The molecule has 1 unspecified atom stereocenters. The number of carbonyl (C=O) groups is 1. The van der Waals surface area contributed by atoms with E-state index in [9.17, 15) is 9.90 Å². The third kappa shape index (κ3) is 13.7. The summed E-state index contributed by atoms with van der Waals surface area (Å²) in [6, 6.07) is 0. The van der Waals surface area contributed by atoms with Crippen LogP contribution in [0.2, 0.25) is 0 Å². The van der Waals surface area contributed by atoms with Crippen LogP contribution in [-0.2, 0) is 4.79 Å². The molecule has 0 aliphatic rings. The van der Waals surface area contributed by atoms with E-state index < -0.39 is 0 Å². The number of terminal acetylenes is 1. The molecule has 22 heavy (non-hydrogen) atoms. The van der Waals surface area contributed by atoms with Gasteiger partial charge in [-0.25, -0.2) is 0 Å². The number of amides is 1. The summed E-state index contributed by atoms with van der Waals surface area (Å²) in [5.74, 6) is 2.65. The SMILES string of the molecule is C#CCCCC(=O)NCCCCCC(=C)CCCC(O)CC. The van der Waals surface area contributed by atoms with Gasteiger partial charge in [0, 0.05) is 19.4 Å². The molecule has 3 heteroatoms. The average Bonchev–Trinajstić information content (AvgIpc) is 2.50. The molecule has 0 heterocycles. The molecule has 3 nitrogen and oxygen atoms in total. The van der Waals surface area contributed by atoms with Crippen molar-refractivity contribution in [1.29, 1.82) is 0 Å². The van der Waals surface area contributed by atoms with Crippen molar-refractivity contribution in [2.45, 2.75) is 83.7 Å². The topological polar surface area (TPSA) is 49.3 Å². The van der Waals surface area contributed by atoms with E-state index in [4.69, 9.17) is 6.42 Å².